The molecule has 0 unspecified atom stereocenters. The van der Waals surface area contributed by atoms with E-state index >= 15 is 0 Å². The van der Waals surface area contributed by atoms with Gasteiger partial charge in [-0.2, -0.15) is 0 Å². The Bertz CT molecular complexity index is 468. The molecule has 1 aromatic carbocycles. The minimum absolute atomic E-state index is 0. The van der Waals surface area contributed by atoms with Crippen LogP contribution >= 0.6 is 35.6 Å². The molecule has 3 rings (SSSR count). The van der Waals surface area contributed by atoms with Crippen molar-refractivity contribution in [3.8, 4) is 0 Å². The number of hydrogen-bond donors (Lipinski definition) is 1. The molecule has 0 amide bonds. The topological polar surface area (TPSA) is 21.3 Å². The van der Waals surface area contributed by atoms with Crippen LogP contribution < -0.4 is 5.32 Å². The summed E-state index contributed by atoms with van der Waals surface area (Å²) in [5.41, 5.74) is 1.60. The second kappa shape index (κ2) is 5.79. The molecule has 19 heavy (non-hydrogen) atoms. The fraction of sp³-hybridized carbons (Fsp3) is 0.571. The van der Waals surface area contributed by atoms with Crippen LogP contribution in [-0.2, 0) is 10.2 Å². The maximum Gasteiger partial charge on any atom is 0.0595 e. The van der Waals surface area contributed by atoms with Gasteiger partial charge in [0, 0.05) is 25.7 Å². The summed E-state index contributed by atoms with van der Waals surface area (Å²) in [5.74, 6) is 1.45. The third-order valence-electron chi connectivity index (χ3n) is 4.57. The van der Waals surface area contributed by atoms with E-state index in [1.54, 1.807) is 7.11 Å². The quantitative estimate of drug-likeness (QED) is 0.915. The molecule has 5 heteroatoms. The summed E-state index contributed by atoms with van der Waals surface area (Å²) in [6, 6.07) is 6.08. The van der Waals surface area contributed by atoms with Crippen LogP contribution in [0.3, 0.4) is 0 Å². The van der Waals surface area contributed by atoms with Crippen molar-refractivity contribution in [2.75, 3.05) is 26.8 Å². The van der Waals surface area contributed by atoms with Gasteiger partial charge in [-0.3, -0.25) is 0 Å². The van der Waals surface area contributed by atoms with Crippen molar-refractivity contribution in [1.29, 1.82) is 0 Å². The molecule has 2 fully saturated rings. The van der Waals surface area contributed by atoms with Crippen molar-refractivity contribution in [2.45, 2.75) is 11.8 Å². The summed E-state index contributed by atoms with van der Waals surface area (Å²) in [6.07, 6.45) is 1.13. The van der Waals surface area contributed by atoms with Gasteiger partial charge in [0.2, 0.25) is 0 Å². The Morgan fingerprint density at radius 1 is 1.37 bits per heavy atom. The van der Waals surface area contributed by atoms with Crippen molar-refractivity contribution in [3.63, 3.8) is 0 Å². The van der Waals surface area contributed by atoms with Crippen molar-refractivity contribution >= 4 is 35.6 Å². The van der Waals surface area contributed by atoms with Crippen LogP contribution in [0.1, 0.15) is 12.0 Å². The molecule has 2 aliphatic rings. The van der Waals surface area contributed by atoms with Crippen molar-refractivity contribution in [2.24, 2.45) is 11.8 Å². The number of rotatable bonds is 4. The van der Waals surface area contributed by atoms with Crippen LogP contribution in [0.4, 0.5) is 0 Å². The SMILES string of the molecule is COCC[C@@H]1[C@H]2CNC[C@@]12c1ccc(Cl)c(Cl)c1.Cl. The minimum atomic E-state index is 0. The van der Waals surface area contributed by atoms with Crippen LogP contribution in [-0.4, -0.2) is 26.8 Å². The number of methoxy groups -OCH3 is 1. The van der Waals surface area contributed by atoms with Gasteiger partial charge in [0.25, 0.3) is 0 Å². The fourth-order valence-electron chi connectivity index (χ4n) is 3.65. The molecule has 0 aromatic heterocycles. The van der Waals surface area contributed by atoms with E-state index in [4.69, 9.17) is 27.9 Å². The normalized spacial score (nSPS) is 31.7. The first-order valence-corrected chi connectivity index (χ1v) is 7.11. The maximum absolute atomic E-state index is 6.15. The van der Waals surface area contributed by atoms with Gasteiger partial charge < -0.3 is 10.1 Å². The van der Waals surface area contributed by atoms with E-state index in [2.05, 4.69) is 11.4 Å². The van der Waals surface area contributed by atoms with Crippen LogP contribution in [0.15, 0.2) is 18.2 Å². The molecule has 1 aliphatic carbocycles. The van der Waals surface area contributed by atoms with Crippen molar-refractivity contribution < 1.29 is 4.74 Å². The van der Waals surface area contributed by atoms with Crippen LogP contribution in [0.2, 0.25) is 10.0 Å². The average Bonchev–Trinajstić information content (AvgIpc) is 2.77. The maximum atomic E-state index is 6.15. The van der Waals surface area contributed by atoms with E-state index < -0.39 is 0 Å². The molecule has 1 N–H and O–H groups in total. The summed E-state index contributed by atoms with van der Waals surface area (Å²) < 4.78 is 5.21. The standard InChI is InChI=1S/C14H17Cl2NO.ClH/c1-18-5-4-10-11-7-17-8-14(10,11)9-2-3-12(15)13(16)6-9;/h2-3,6,10-11,17H,4-5,7-8H2,1H3;1H/t10-,11-,14-;/m1./s1. The van der Waals surface area contributed by atoms with E-state index in [1.807, 2.05) is 12.1 Å². The first-order valence-electron chi connectivity index (χ1n) is 6.35. The van der Waals surface area contributed by atoms with Crippen molar-refractivity contribution in [3.05, 3.63) is 33.8 Å². The first-order chi connectivity index (χ1) is 8.70. The van der Waals surface area contributed by atoms with E-state index in [0.717, 1.165) is 38.0 Å². The lowest BCUT2D eigenvalue weighted by Gasteiger charge is -2.16. The smallest absolute Gasteiger partial charge is 0.0595 e. The van der Waals surface area contributed by atoms with Gasteiger partial charge in [-0.05, 0) is 42.5 Å². The zero-order valence-corrected chi connectivity index (χ0v) is 13.1. The summed E-state index contributed by atoms with van der Waals surface area (Å²) in [4.78, 5) is 0. The van der Waals surface area contributed by atoms with Crippen LogP contribution in [0.5, 0.6) is 0 Å². The second-order valence-corrected chi connectivity index (χ2v) is 6.11. The molecule has 0 spiro atoms. The van der Waals surface area contributed by atoms with Gasteiger partial charge in [0.05, 0.1) is 10.0 Å². The van der Waals surface area contributed by atoms with E-state index in [9.17, 15) is 0 Å². The number of fused-ring (bicyclic) bond motifs is 1. The summed E-state index contributed by atoms with van der Waals surface area (Å²) in [5, 5.41) is 4.78. The number of nitrogens with one attached hydrogen (secondary N) is 1. The summed E-state index contributed by atoms with van der Waals surface area (Å²) >= 11 is 12.1. The lowest BCUT2D eigenvalue weighted by molar-refractivity contribution is 0.185. The van der Waals surface area contributed by atoms with E-state index in [0.29, 0.717) is 10.0 Å². The molecular formula is C14H18Cl3NO. The van der Waals surface area contributed by atoms with Gasteiger partial charge in [0.15, 0.2) is 0 Å². The van der Waals surface area contributed by atoms with Crippen LogP contribution in [0, 0.1) is 11.8 Å². The van der Waals surface area contributed by atoms with Gasteiger partial charge in [0.1, 0.15) is 0 Å². The van der Waals surface area contributed by atoms with E-state index in [1.165, 1.54) is 5.56 Å². The Hall–Kier alpha value is 0.01000. The zero-order chi connectivity index (χ0) is 12.8. The Morgan fingerprint density at radius 2 is 2.16 bits per heavy atom. The molecule has 1 saturated carbocycles. The number of halogens is 3. The number of ether oxygens (including phenoxy) is 1. The highest BCUT2D eigenvalue weighted by atomic mass is 35.5. The summed E-state index contributed by atoms with van der Waals surface area (Å²) in [7, 11) is 1.77. The minimum Gasteiger partial charge on any atom is -0.385 e. The Morgan fingerprint density at radius 3 is 2.84 bits per heavy atom. The first kappa shape index (κ1) is 15.4. The highest BCUT2D eigenvalue weighted by Gasteiger charge is 2.66. The molecule has 2 nitrogen and oxygen atoms in total. The van der Waals surface area contributed by atoms with Gasteiger partial charge in [-0.15, -0.1) is 12.4 Å². The number of benzene rings is 1. The molecule has 0 radical (unpaired) electrons. The van der Waals surface area contributed by atoms with Gasteiger partial charge in [-0.25, -0.2) is 0 Å². The molecule has 0 bridgehead atoms. The molecule has 1 aromatic rings. The zero-order valence-electron chi connectivity index (χ0n) is 10.8. The molecule has 1 aliphatic heterocycles. The highest BCUT2D eigenvalue weighted by Crippen LogP contribution is 2.63. The largest absolute Gasteiger partial charge is 0.385 e. The number of piperidine rings is 1. The average molecular weight is 323 g/mol. The highest BCUT2D eigenvalue weighted by molar-refractivity contribution is 6.42. The second-order valence-electron chi connectivity index (χ2n) is 5.29. The molecule has 106 valence electrons. The Labute approximate surface area is 130 Å². The molecule has 3 atom stereocenters. The fourth-order valence-corrected chi connectivity index (χ4v) is 3.94. The lowest BCUT2D eigenvalue weighted by atomic mass is 9.92. The number of hydrogen-bond acceptors (Lipinski definition) is 2. The van der Waals surface area contributed by atoms with E-state index in [-0.39, 0.29) is 17.8 Å². The predicted molar refractivity (Wildman–Crippen MR) is 81.7 cm³/mol. The predicted octanol–water partition coefficient (Wildman–Crippen LogP) is 3.54. The molecule has 1 heterocycles. The summed E-state index contributed by atoms with van der Waals surface area (Å²) in [6.45, 7) is 2.99. The van der Waals surface area contributed by atoms with Crippen LogP contribution in [0.25, 0.3) is 0 Å². The molecule has 1 saturated heterocycles. The monoisotopic (exact) mass is 321 g/mol. The Kier molecular flexibility index (Phi) is 4.69. The Balaban J connectivity index is 0.00000133. The lowest BCUT2D eigenvalue weighted by Crippen LogP contribution is -2.24. The third kappa shape index (κ3) is 2.38. The van der Waals surface area contributed by atoms with Gasteiger partial charge >= 0.3 is 0 Å². The third-order valence-corrected chi connectivity index (χ3v) is 5.31. The molecular weight excluding hydrogens is 305 g/mol. The van der Waals surface area contributed by atoms with Gasteiger partial charge in [-0.1, -0.05) is 29.3 Å². The van der Waals surface area contributed by atoms with Crippen molar-refractivity contribution in [1.82, 2.24) is 5.32 Å².